The predicted octanol–water partition coefficient (Wildman–Crippen LogP) is 2.04. The van der Waals surface area contributed by atoms with Gasteiger partial charge < -0.3 is 9.47 Å². The lowest BCUT2D eigenvalue weighted by Crippen LogP contribution is -2.45. The van der Waals surface area contributed by atoms with Gasteiger partial charge in [-0.25, -0.2) is 13.4 Å². The molecule has 1 aromatic carbocycles. The van der Waals surface area contributed by atoms with E-state index < -0.39 is 10.0 Å². The SMILES string of the molecule is Cc1nccc(OC2CCCN(S(=O)(=O)CCOc3ccccc3)C2)n1. The zero-order chi connectivity index (χ0) is 18.4. The lowest BCUT2D eigenvalue weighted by Gasteiger charge is -2.31. The molecule has 0 radical (unpaired) electrons. The van der Waals surface area contributed by atoms with Gasteiger partial charge in [0.05, 0.1) is 12.3 Å². The van der Waals surface area contributed by atoms with Crippen LogP contribution in [0.25, 0.3) is 0 Å². The average Bonchev–Trinajstić information content (AvgIpc) is 2.63. The lowest BCUT2D eigenvalue weighted by atomic mass is 10.1. The van der Waals surface area contributed by atoms with Crippen LogP contribution in [0.3, 0.4) is 0 Å². The number of nitrogens with zero attached hydrogens (tertiary/aromatic N) is 3. The largest absolute Gasteiger partial charge is 0.492 e. The molecule has 26 heavy (non-hydrogen) atoms. The van der Waals surface area contributed by atoms with Crippen molar-refractivity contribution >= 4 is 10.0 Å². The van der Waals surface area contributed by atoms with Crippen molar-refractivity contribution in [1.29, 1.82) is 0 Å². The Kier molecular flexibility index (Phi) is 6.05. The molecule has 0 aliphatic carbocycles. The van der Waals surface area contributed by atoms with Gasteiger partial charge in [0.2, 0.25) is 15.9 Å². The number of hydrogen-bond acceptors (Lipinski definition) is 6. The minimum atomic E-state index is -3.39. The Hall–Kier alpha value is -2.19. The van der Waals surface area contributed by atoms with Crippen molar-refractivity contribution in [1.82, 2.24) is 14.3 Å². The van der Waals surface area contributed by atoms with Gasteiger partial charge in [0.25, 0.3) is 0 Å². The van der Waals surface area contributed by atoms with Crippen LogP contribution in [-0.2, 0) is 10.0 Å². The van der Waals surface area contributed by atoms with E-state index in [2.05, 4.69) is 9.97 Å². The summed E-state index contributed by atoms with van der Waals surface area (Å²) in [6.07, 6.45) is 2.99. The first-order chi connectivity index (χ1) is 12.5. The van der Waals surface area contributed by atoms with Crippen molar-refractivity contribution in [2.75, 3.05) is 25.4 Å². The van der Waals surface area contributed by atoms with E-state index >= 15 is 0 Å². The number of benzene rings is 1. The Labute approximate surface area is 154 Å². The van der Waals surface area contributed by atoms with Gasteiger partial charge in [-0.3, -0.25) is 0 Å². The minimum absolute atomic E-state index is 0.0543. The van der Waals surface area contributed by atoms with Crippen molar-refractivity contribution in [3.8, 4) is 11.6 Å². The lowest BCUT2D eigenvalue weighted by molar-refractivity contribution is 0.124. The van der Waals surface area contributed by atoms with Crippen LogP contribution in [0.2, 0.25) is 0 Å². The van der Waals surface area contributed by atoms with Crippen LogP contribution >= 0.6 is 0 Å². The topological polar surface area (TPSA) is 81.6 Å². The van der Waals surface area contributed by atoms with Crippen LogP contribution in [0.15, 0.2) is 42.6 Å². The van der Waals surface area contributed by atoms with Crippen molar-refractivity contribution in [3.63, 3.8) is 0 Å². The van der Waals surface area contributed by atoms with Crippen molar-refractivity contribution in [3.05, 3.63) is 48.4 Å². The maximum atomic E-state index is 12.6. The molecule has 8 heteroatoms. The fraction of sp³-hybridized carbons (Fsp3) is 0.444. The van der Waals surface area contributed by atoms with Crippen molar-refractivity contribution in [2.45, 2.75) is 25.9 Å². The Bertz CT molecular complexity index is 814. The molecular weight excluding hydrogens is 354 g/mol. The number of aromatic nitrogens is 2. The molecule has 0 bridgehead atoms. The third kappa shape index (κ3) is 5.15. The summed E-state index contributed by atoms with van der Waals surface area (Å²) in [4.78, 5) is 8.25. The first-order valence-electron chi connectivity index (χ1n) is 8.65. The normalized spacial score (nSPS) is 18.4. The molecule has 1 aromatic heterocycles. The van der Waals surface area contributed by atoms with E-state index in [1.54, 1.807) is 31.3 Å². The van der Waals surface area contributed by atoms with E-state index in [0.717, 1.165) is 12.8 Å². The number of hydrogen-bond donors (Lipinski definition) is 0. The van der Waals surface area contributed by atoms with Gasteiger partial charge in [-0.2, -0.15) is 9.29 Å². The van der Waals surface area contributed by atoms with Crippen molar-refractivity contribution in [2.24, 2.45) is 0 Å². The molecule has 7 nitrogen and oxygen atoms in total. The van der Waals surface area contributed by atoms with E-state index in [1.165, 1.54) is 4.31 Å². The second-order valence-electron chi connectivity index (χ2n) is 6.16. The number of rotatable bonds is 7. The zero-order valence-electron chi connectivity index (χ0n) is 14.7. The molecule has 1 fully saturated rings. The summed E-state index contributed by atoms with van der Waals surface area (Å²) in [6.45, 7) is 2.75. The monoisotopic (exact) mass is 377 g/mol. The molecule has 0 spiro atoms. The molecule has 0 saturated carbocycles. The van der Waals surface area contributed by atoms with Crippen LogP contribution in [-0.4, -0.2) is 54.2 Å². The fourth-order valence-electron chi connectivity index (χ4n) is 2.84. The average molecular weight is 377 g/mol. The molecule has 1 atom stereocenters. The molecular formula is C18H23N3O4S. The number of piperidine rings is 1. The zero-order valence-corrected chi connectivity index (χ0v) is 15.6. The highest BCUT2D eigenvalue weighted by molar-refractivity contribution is 7.89. The van der Waals surface area contributed by atoms with E-state index in [1.807, 2.05) is 18.2 Å². The van der Waals surface area contributed by atoms with Crippen LogP contribution in [0.1, 0.15) is 18.7 Å². The minimum Gasteiger partial charge on any atom is -0.492 e. The molecule has 1 aliphatic heterocycles. The van der Waals surface area contributed by atoms with Crippen LogP contribution in [0.4, 0.5) is 0 Å². The fourth-order valence-corrected chi connectivity index (χ4v) is 4.19. The van der Waals surface area contributed by atoms with Crippen molar-refractivity contribution < 1.29 is 17.9 Å². The highest BCUT2D eigenvalue weighted by Gasteiger charge is 2.30. The number of ether oxygens (including phenoxy) is 2. The van der Waals surface area contributed by atoms with Gasteiger partial charge >= 0.3 is 0 Å². The number of sulfonamides is 1. The molecule has 2 aromatic rings. The van der Waals surface area contributed by atoms with E-state index in [4.69, 9.17) is 9.47 Å². The third-order valence-electron chi connectivity index (χ3n) is 4.13. The Morgan fingerprint density at radius 2 is 2.04 bits per heavy atom. The molecule has 1 saturated heterocycles. The highest BCUT2D eigenvalue weighted by Crippen LogP contribution is 2.19. The summed E-state index contributed by atoms with van der Waals surface area (Å²) in [7, 11) is -3.39. The second kappa shape index (κ2) is 8.46. The quantitative estimate of drug-likeness (QED) is 0.734. The Morgan fingerprint density at radius 1 is 1.23 bits per heavy atom. The van der Waals surface area contributed by atoms with Gasteiger partial charge in [-0.05, 0) is 31.9 Å². The maximum absolute atomic E-state index is 12.6. The van der Waals surface area contributed by atoms with Crippen LogP contribution in [0.5, 0.6) is 11.6 Å². The van der Waals surface area contributed by atoms with Gasteiger partial charge in [0.1, 0.15) is 24.3 Å². The standard InChI is InChI=1S/C18H23N3O4S/c1-15-19-10-9-18(20-15)25-17-8-5-11-21(14-17)26(22,23)13-12-24-16-6-3-2-4-7-16/h2-4,6-7,9-10,17H,5,8,11-14H2,1H3. The van der Waals surface area contributed by atoms with E-state index in [-0.39, 0.29) is 18.5 Å². The smallest absolute Gasteiger partial charge is 0.217 e. The van der Waals surface area contributed by atoms with Gasteiger partial charge in [0, 0.05) is 18.8 Å². The highest BCUT2D eigenvalue weighted by atomic mass is 32.2. The summed E-state index contributed by atoms with van der Waals surface area (Å²) < 4.78 is 38.0. The molecule has 1 unspecified atom stereocenters. The molecule has 0 amide bonds. The Balaban J connectivity index is 1.53. The summed E-state index contributed by atoms with van der Waals surface area (Å²) in [5, 5.41) is 0. The number of aryl methyl sites for hydroxylation is 1. The molecule has 2 heterocycles. The molecule has 1 aliphatic rings. The van der Waals surface area contributed by atoms with Crippen LogP contribution < -0.4 is 9.47 Å². The number of para-hydroxylation sites is 1. The second-order valence-corrected chi connectivity index (χ2v) is 8.25. The first-order valence-corrected chi connectivity index (χ1v) is 10.3. The molecule has 3 rings (SSSR count). The van der Waals surface area contributed by atoms with E-state index in [0.29, 0.717) is 30.5 Å². The van der Waals surface area contributed by atoms with Crippen LogP contribution in [0, 0.1) is 6.92 Å². The Morgan fingerprint density at radius 3 is 2.81 bits per heavy atom. The van der Waals surface area contributed by atoms with Gasteiger partial charge in [0.15, 0.2) is 0 Å². The van der Waals surface area contributed by atoms with Gasteiger partial charge in [-0.1, -0.05) is 18.2 Å². The molecule has 140 valence electrons. The predicted molar refractivity (Wildman–Crippen MR) is 97.7 cm³/mol. The summed E-state index contributed by atoms with van der Waals surface area (Å²) in [5.41, 5.74) is 0. The van der Waals surface area contributed by atoms with Gasteiger partial charge in [-0.15, -0.1) is 0 Å². The maximum Gasteiger partial charge on any atom is 0.217 e. The summed E-state index contributed by atoms with van der Waals surface area (Å²) in [5.74, 6) is 1.72. The van der Waals surface area contributed by atoms with E-state index in [9.17, 15) is 8.42 Å². The molecule has 0 N–H and O–H groups in total. The summed E-state index contributed by atoms with van der Waals surface area (Å²) >= 11 is 0. The summed E-state index contributed by atoms with van der Waals surface area (Å²) in [6, 6.07) is 10.9. The third-order valence-corrected chi connectivity index (χ3v) is 5.93. The first kappa shape index (κ1) is 18.6.